The Morgan fingerprint density at radius 1 is 1.32 bits per heavy atom. The van der Waals surface area contributed by atoms with Crippen LogP contribution in [0.5, 0.6) is 11.5 Å². The van der Waals surface area contributed by atoms with Gasteiger partial charge in [-0.05, 0) is 17.7 Å². The van der Waals surface area contributed by atoms with Gasteiger partial charge < -0.3 is 15.2 Å². The number of rotatable bonds is 5. The first kappa shape index (κ1) is 13.3. The fourth-order valence-corrected chi connectivity index (χ4v) is 1.74. The summed E-state index contributed by atoms with van der Waals surface area (Å²) in [7, 11) is 3.20. The molecule has 0 saturated heterocycles. The molecule has 2 N–H and O–H groups in total. The molecule has 0 fully saturated rings. The standard InChI is InChI=1S/C12H14N4O2S/c1-17-9-4-3-8(5-10(9)18-2)6-16-7-14-12(15-16)11(13)19/h3-5,7H,6H2,1-2H3,(H2,13,19). The van der Waals surface area contributed by atoms with E-state index in [-0.39, 0.29) is 4.99 Å². The summed E-state index contributed by atoms with van der Waals surface area (Å²) in [5, 5.41) is 4.17. The van der Waals surface area contributed by atoms with Crippen molar-refractivity contribution in [2.75, 3.05) is 14.2 Å². The highest BCUT2D eigenvalue weighted by Crippen LogP contribution is 2.27. The molecule has 2 rings (SSSR count). The summed E-state index contributed by atoms with van der Waals surface area (Å²) in [6.45, 7) is 0.552. The number of thiocarbonyl (C=S) groups is 1. The van der Waals surface area contributed by atoms with Gasteiger partial charge in [-0.25, -0.2) is 9.67 Å². The van der Waals surface area contributed by atoms with Crippen LogP contribution in [0.1, 0.15) is 11.4 Å². The molecule has 0 radical (unpaired) electrons. The summed E-state index contributed by atoms with van der Waals surface area (Å²) in [6, 6.07) is 5.67. The lowest BCUT2D eigenvalue weighted by Crippen LogP contribution is -2.12. The highest BCUT2D eigenvalue weighted by atomic mass is 32.1. The summed E-state index contributed by atoms with van der Waals surface area (Å²) in [5.74, 6) is 1.74. The minimum Gasteiger partial charge on any atom is -0.493 e. The molecule has 2 aromatic rings. The molecule has 0 spiro atoms. The van der Waals surface area contributed by atoms with E-state index >= 15 is 0 Å². The van der Waals surface area contributed by atoms with E-state index in [0.717, 1.165) is 5.56 Å². The molecule has 6 nitrogen and oxygen atoms in total. The van der Waals surface area contributed by atoms with Crippen molar-refractivity contribution in [3.63, 3.8) is 0 Å². The van der Waals surface area contributed by atoms with E-state index < -0.39 is 0 Å². The summed E-state index contributed by atoms with van der Waals surface area (Å²) in [4.78, 5) is 4.20. The van der Waals surface area contributed by atoms with Gasteiger partial charge in [0, 0.05) is 0 Å². The Labute approximate surface area is 116 Å². The van der Waals surface area contributed by atoms with Gasteiger partial charge in [-0.1, -0.05) is 18.3 Å². The van der Waals surface area contributed by atoms with Gasteiger partial charge in [0.15, 0.2) is 11.5 Å². The normalized spacial score (nSPS) is 10.2. The quantitative estimate of drug-likeness (QED) is 0.822. The molecule has 0 saturated carbocycles. The van der Waals surface area contributed by atoms with Crippen molar-refractivity contribution in [1.29, 1.82) is 0 Å². The first-order valence-corrected chi connectivity index (χ1v) is 5.95. The Balaban J connectivity index is 2.20. The smallest absolute Gasteiger partial charge is 0.208 e. The van der Waals surface area contributed by atoms with E-state index in [9.17, 15) is 0 Å². The van der Waals surface area contributed by atoms with E-state index in [1.165, 1.54) is 0 Å². The average molecular weight is 278 g/mol. The molecule has 100 valence electrons. The van der Waals surface area contributed by atoms with E-state index in [2.05, 4.69) is 10.1 Å². The molecule has 0 bridgehead atoms. The van der Waals surface area contributed by atoms with Crippen LogP contribution >= 0.6 is 12.2 Å². The van der Waals surface area contributed by atoms with Crippen LogP contribution in [-0.4, -0.2) is 34.0 Å². The zero-order chi connectivity index (χ0) is 13.8. The van der Waals surface area contributed by atoms with Crippen LogP contribution in [0.25, 0.3) is 0 Å². The molecule has 0 aliphatic heterocycles. The fourth-order valence-electron chi connectivity index (χ4n) is 1.65. The molecule has 7 heteroatoms. The summed E-state index contributed by atoms with van der Waals surface area (Å²) >= 11 is 4.82. The number of ether oxygens (including phenoxy) is 2. The Kier molecular flexibility index (Phi) is 3.96. The van der Waals surface area contributed by atoms with Crippen molar-refractivity contribution in [1.82, 2.24) is 14.8 Å². The number of nitrogens with two attached hydrogens (primary N) is 1. The van der Waals surface area contributed by atoms with Gasteiger partial charge in [0.05, 0.1) is 20.8 Å². The second-order valence-corrected chi connectivity index (χ2v) is 4.26. The third-order valence-electron chi connectivity index (χ3n) is 2.55. The van der Waals surface area contributed by atoms with Crippen LogP contribution in [0.3, 0.4) is 0 Å². The lowest BCUT2D eigenvalue weighted by atomic mass is 10.2. The Morgan fingerprint density at radius 2 is 2.05 bits per heavy atom. The molecule has 1 aromatic heterocycles. The summed E-state index contributed by atoms with van der Waals surface area (Å²) < 4.78 is 12.1. The Hall–Kier alpha value is -2.15. The van der Waals surface area contributed by atoms with Crippen molar-refractivity contribution in [2.24, 2.45) is 5.73 Å². The molecule has 0 aliphatic rings. The molecule has 0 unspecified atom stereocenters. The molecule has 0 atom stereocenters. The first-order chi connectivity index (χ1) is 9.13. The van der Waals surface area contributed by atoms with Gasteiger partial charge in [0.1, 0.15) is 11.3 Å². The van der Waals surface area contributed by atoms with Crippen molar-refractivity contribution >= 4 is 17.2 Å². The van der Waals surface area contributed by atoms with Crippen molar-refractivity contribution in [3.8, 4) is 11.5 Å². The van der Waals surface area contributed by atoms with Gasteiger partial charge in [0.2, 0.25) is 5.82 Å². The second-order valence-electron chi connectivity index (χ2n) is 3.82. The van der Waals surface area contributed by atoms with Gasteiger partial charge in [-0.2, -0.15) is 0 Å². The highest BCUT2D eigenvalue weighted by Gasteiger charge is 2.07. The van der Waals surface area contributed by atoms with Gasteiger partial charge in [-0.15, -0.1) is 5.10 Å². The third-order valence-corrected chi connectivity index (χ3v) is 2.73. The predicted octanol–water partition coefficient (Wildman–Crippen LogP) is 0.978. The lowest BCUT2D eigenvalue weighted by molar-refractivity contribution is 0.354. The van der Waals surface area contributed by atoms with E-state index in [1.54, 1.807) is 25.2 Å². The number of aromatic nitrogens is 3. The first-order valence-electron chi connectivity index (χ1n) is 5.54. The number of hydrogen-bond acceptors (Lipinski definition) is 5. The maximum atomic E-state index is 5.46. The molecule has 19 heavy (non-hydrogen) atoms. The predicted molar refractivity (Wildman–Crippen MR) is 74.6 cm³/mol. The largest absolute Gasteiger partial charge is 0.493 e. The topological polar surface area (TPSA) is 75.2 Å². The molecular weight excluding hydrogens is 264 g/mol. The monoisotopic (exact) mass is 278 g/mol. The fraction of sp³-hybridized carbons (Fsp3) is 0.250. The van der Waals surface area contributed by atoms with E-state index in [1.807, 2.05) is 18.2 Å². The highest BCUT2D eigenvalue weighted by molar-refractivity contribution is 7.80. The maximum absolute atomic E-state index is 5.46. The summed E-state index contributed by atoms with van der Waals surface area (Å²) in [5.41, 5.74) is 6.47. The zero-order valence-corrected chi connectivity index (χ0v) is 11.5. The van der Waals surface area contributed by atoms with Crippen molar-refractivity contribution in [2.45, 2.75) is 6.54 Å². The molecular formula is C12H14N4O2S. The maximum Gasteiger partial charge on any atom is 0.208 e. The van der Waals surface area contributed by atoms with E-state index in [4.69, 9.17) is 27.4 Å². The molecule has 1 aromatic carbocycles. The van der Waals surface area contributed by atoms with Crippen molar-refractivity contribution in [3.05, 3.63) is 35.9 Å². The summed E-state index contributed by atoms with van der Waals surface area (Å²) in [6.07, 6.45) is 1.59. The molecule has 0 aliphatic carbocycles. The third kappa shape index (κ3) is 3.00. The minimum atomic E-state index is 0.186. The zero-order valence-electron chi connectivity index (χ0n) is 10.7. The van der Waals surface area contributed by atoms with Crippen LogP contribution < -0.4 is 15.2 Å². The number of benzene rings is 1. The van der Waals surface area contributed by atoms with Crippen LogP contribution in [0.15, 0.2) is 24.5 Å². The van der Waals surface area contributed by atoms with Crippen LogP contribution in [-0.2, 0) is 6.54 Å². The van der Waals surface area contributed by atoms with Crippen LogP contribution in [0, 0.1) is 0 Å². The lowest BCUT2D eigenvalue weighted by Gasteiger charge is -2.09. The number of hydrogen-bond donors (Lipinski definition) is 1. The van der Waals surface area contributed by atoms with Crippen molar-refractivity contribution < 1.29 is 9.47 Å². The molecule has 0 amide bonds. The second kappa shape index (κ2) is 5.66. The van der Waals surface area contributed by atoms with Gasteiger partial charge in [-0.3, -0.25) is 0 Å². The molecule has 1 heterocycles. The van der Waals surface area contributed by atoms with Crippen LogP contribution in [0.4, 0.5) is 0 Å². The number of methoxy groups -OCH3 is 2. The SMILES string of the molecule is COc1ccc(Cn2cnc(C(N)=S)n2)cc1OC. The number of nitrogens with zero attached hydrogens (tertiary/aromatic N) is 3. The van der Waals surface area contributed by atoms with Crippen LogP contribution in [0.2, 0.25) is 0 Å². The Morgan fingerprint density at radius 3 is 2.63 bits per heavy atom. The van der Waals surface area contributed by atoms with Gasteiger partial charge in [0.25, 0.3) is 0 Å². The Bertz CT molecular complexity index is 597. The minimum absolute atomic E-state index is 0.186. The van der Waals surface area contributed by atoms with Gasteiger partial charge >= 0.3 is 0 Å². The average Bonchev–Trinajstić information content (AvgIpc) is 2.87. The van der Waals surface area contributed by atoms with E-state index in [0.29, 0.717) is 23.9 Å².